The summed E-state index contributed by atoms with van der Waals surface area (Å²) in [4.78, 5) is 2.24. The molecule has 17 heavy (non-hydrogen) atoms. The molecule has 0 aromatic heterocycles. The van der Waals surface area contributed by atoms with Crippen molar-refractivity contribution >= 4 is 11.4 Å². The molecule has 0 unspecified atom stereocenters. The highest BCUT2D eigenvalue weighted by molar-refractivity contribution is 5.53. The van der Waals surface area contributed by atoms with E-state index in [1.807, 2.05) is 18.2 Å². The van der Waals surface area contributed by atoms with Crippen LogP contribution < -0.4 is 10.6 Å². The molecule has 88 valence electrons. The minimum atomic E-state index is 0.820. The molecular formula is C15H18N2. The molecule has 0 amide bonds. The number of hydrogen-bond donors (Lipinski definition) is 1. The van der Waals surface area contributed by atoms with Gasteiger partial charge >= 0.3 is 0 Å². The lowest BCUT2D eigenvalue weighted by Crippen LogP contribution is -2.17. The standard InChI is InChI=1S/C15H18N2/c1-12-6-3-4-9-15(12)17(2)11-13-7-5-8-14(16)10-13/h3-10H,11,16H2,1-2H3. The van der Waals surface area contributed by atoms with Crippen LogP contribution in [0.1, 0.15) is 11.1 Å². The molecule has 2 rings (SSSR count). The highest BCUT2D eigenvalue weighted by Gasteiger charge is 2.04. The number of hydrogen-bond acceptors (Lipinski definition) is 2. The van der Waals surface area contributed by atoms with Gasteiger partial charge in [0.2, 0.25) is 0 Å². The Kier molecular flexibility index (Phi) is 3.33. The molecular weight excluding hydrogens is 208 g/mol. The largest absolute Gasteiger partial charge is 0.399 e. The van der Waals surface area contributed by atoms with Gasteiger partial charge in [0.15, 0.2) is 0 Å². The predicted molar refractivity (Wildman–Crippen MR) is 74.1 cm³/mol. The van der Waals surface area contributed by atoms with Crippen LogP contribution in [0.2, 0.25) is 0 Å². The molecule has 2 aromatic rings. The summed E-state index contributed by atoms with van der Waals surface area (Å²) in [6, 6.07) is 16.4. The number of nitrogens with zero attached hydrogens (tertiary/aromatic N) is 1. The average Bonchev–Trinajstić information content (AvgIpc) is 2.29. The summed E-state index contributed by atoms with van der Waals surface area (Å²) in [6.45, 7) is 3.00. The summed E-state index contributed by atoms with van der Waals surface area (Å²) in [5.74, 6) is 0. The monoisotopic (exact) mass is 226 g/mol. The predicted octanol–water partition coefficient (Wildman–Crippen LogP) is 3.21. The third-order valence-electron chi connectivity index (χ3n) is 2.90. The first kappa shape index (κ1) is 11.5. The van der Waals surface area contributed by atoms with Gasteiger partial charge in [-0.25, -0.2) is 0 Å². The Morgan fingerprint density at radius 3 is 2.53 bits per heavy atom. The van der Waals surface area contributed by atoms with Gasteiger partial charge in [0.25, 0.3) is 0 Å². The maximum Gasteiger partial charge on any atom is 0.0427 e. The molecule has 2 aromatic carbocycles. The molecule has 0 aliphatic rings. The van der Waals surface area contributed by atoms with Crippen molar-refractivity contribution in [3.05, 3.63) is 59.7 Å². The highest BCUT2D eigenvalue weighted by atomic mass is 15.1. The maximum atomic E-state index is 5.78. The van der Waals surface area contributed by atoms with E-state index in [0.29, 0.717) is 0 Å². The van der Waals surface area contributed by atoms with Crippen molar-refractivity contribution in [3.63, 3.8) is 0 Å². The van der Waals surface area contributed by atoms with Gasteiger partial charge in [-0.2, -0.15) is 0 Å². The van der Waals surface area contributed by atoms with Gasteiger partial charge in [-0.05, 0) is 36.2 Å². The van der Waals surface area contributed by atoms with Crippen molar-refractivity contribution < 1.29 is 0 Å². The molecule has 0 saturated heterocycles. The Bertz CT molecular complexity index is 506. The second-order valence-corrected chi connectivity index (χ2v) is 4.39. The number of para-hydroxylation sites is 1. The van der Waals surface area contributed by atoms with Crippen molar-refractivity contribution in [1.29, 1.82) is 0 Å². The van der Waals surface area contributed by atoms with Gasteiger partial charge < -0.3 is 10.6 Å². The van der Waals surface area contributed by atoms with Gasteiger partial charge in [0.05, 0.1) is 0 Å². The quantitative estimate of drug-likeness (QED) is 0.814. The fourth-order valence-electron chi connectivity index (χ4n) is 2.04. The van der Waals surface area contributed by atoms with E-state index in [4.69, 9.17) is 5.73 Å². The lowest BCUT2D eigenvalue weighted by atomic mass is 10.1. The van der Waals surface area contributed by atoms with Gasteiger partial charge in [-0.15, -0.1) is 0 Å². The van der Waals surface area contributed by atoms with Crippen LogP contribution in [0, 0.1) is 6.92 Å². The van der Waals surface area contributed by atoms with Crippen LogP contribution in [0.4, 0.5) is 11.4 Å². The second kappa shape index (κ2) is 4.91. The number of rotatable bonds is 3. The van der Waals surface area contributed by atoms with E-state index in [9.17, 15) is 0 Å². The van der Waals surface area contributed by atoms with Crippen LogP contribution in [-0.2, 0) is 6.54 Å². The van der Waals surface area contributed by atoms with Crippen molar-refractivity contribution in [3.8, 4) is 0 Å². The first-order valence-corrected chi connectivity index (χ1v) is 5.78. The lowest BCUT2D eigenvalue weighted by Gasteiger charge is -2.21. The summed E-state index contributed by atoms with van der Waals surface area (Å²) in [5.41, 5.74) is 10.4. The van der Waals surface area contributed by atoms with Crippen LogP contribution in [0.25, 0.3) is 0 Å². The molecule has 0 spiro atoms. The number of nitrogen functional groups attached to an aromatic ring is 1. The molecule has 0 radical (unpaired) electrons. The van der Waals surface area contributed by atoms with Crippen LogP contribution in [0.3, 0.4) is 0 Å². The van der Waals surface area contributed by atoms with Crippen LogP contribution >= 0.6 is 0 Å². The number of nitrogens with two attached hydrogens (primary N) is 1. The number of aryl methyl sites for hydroxylation is 1. The van der Waals surface area contributed by atoms with E-state index in [1.54, 1.807) is 0 Å². The van der Waals surface area contributed by atoms with Crippen molar-refractivity contribution in [2.45, 2.75) is 13.5 Å². The Morgan fingerprint density at radius 1 is 1.06 bits per heavy atom. The molecule has 2 nitrogen and oxygen atoms in total. The molecule has 0 bridgehead atoms. The van der Waals surface area contributed by atoms with Crippen molar-refractivity contribution in [2.24, 2.45) is 0 Å². The van der Waals surface area contributed by atoms with Crippen LogP contribution in [0.5, 0.6) is 0 Å². The summed E-state index contributed by atoms with van der Waals surface area (Å²) in [7, 11) is 2.10. The zero-order valence-electron chi connectivity index (χ0n) is 10.4. The van der Waals surface area contributed by atoms with Crippen LogP contribution in [-0.4, -0.2) is 7.05 Å². The van der Waals surface area contributed by atoms with E-state index >= 15 is 0 Å². The first-order chi connectivity index (χ1) is 8.16. The highest BCUT2D eigenvalue weighted by Crippen LogP contribution is 2.20. The Hall–Kier alpha value is -1.96. The number of benzene rings is 2. The van der Waals surface area contributed by atoms with Gasteiger partial charge in [-0.1, -0.05) is 30.3 Å². The molecule has 2 N–H and O–H groups in total. The Labute approximate surface area is 103 Å². The smallest absolute Gasteiger partial charge is 0.0427 e. The molecule has 0 atom stereocenters. The molecule has 0 heterocycles. The third-order valence-corrected chi connectivity index (χ3v) is 2.90. The Balaban J connectivity index is 2.17. The topological polar surface area (TPSA) is 29.3 Å². The van der Waals surface area contributed by atoms with Crippen molar-refractivity contribution in [1.82, 2.24) is 0 Å². The average molecular weight is 226 g/mol. The molecule has 0 aliphatic carbocycles. The van der Waals surface area contributed by atoms with E-state index < -0.39 is 0 Å². The molecule has 0 fully saturated rings. The molecule has 0 saturated carbocycles. The minimum absolute atomic E-state index is 0.820. The van der Waals surface area contributed by atoms with Gasteiger partial charge in [-0.3, -0.25) is 0 Å². The van der Waals surface area contributed by atoms with E-state index in [1.165, 1.54) is 16.8 Å². The molecule has 2 heteroatoms. The maximum absolute atomic E-state index is 5.78. The zero-order valence-corrected chi connectivity index (χ0v) is 10.4. The summed E-state index contributed by atoms with van der Waals surface area (Å²) >= 11 is 0. The summed E-state index contributed by atoms with van der Waals surface area (Å²) < 4.78 is 0. The minimum Gasteiger partial charge on any atom is -0.399 e. The normalized spacial score (nSPS) is 10.2. The number of anilines is 2. The second-order valence-electron chi connectivity index (χ2n) is 4.39. The summed E-state index contributed by atoms with van der Waals surface area (Å²) in [6.07, 6.45) is 0. The van der Waals surface area contributed by atoms with Crippen molar-refractivity contribution in [2.75, 3.05) is 17.7 Å². The zero-order chi connectivity index (χ0) is 12.3. The van der Waals surface area contributed by atoms with E-state index in [0.717, 1.165) is 12.2 Å². The lowest BCUT2D eigenvalue weighted by molar-refractivity contribution is 0.918. The molecule has 0 aliphatic heterocycles. The first-order valence-electron chi connectivity index (χ1n) is 5.78. The van der Waals surface area contributed by atoms with Gasteiger partial charge in [0, 0.05) is 25.0 Å². The van der Waals surface area contributed by atoms with E-state index in [2.05, 4.69) is 49.2 Å². The fraction of sp³-hybridized carbons (Fsp3) is 0.200. The fourth-order valence-corrected chi connectivity index (χ4v) is 2.04. The summed E-state index contributed by atoms with van der Waals surface area (Å²) in [5, 5.41) is 0. The SMILES string of the molecule is Cc1ccccc1N(C)Cc1cccc(N)c1. The Morgan fingerprint density at radius 2 is 1.82 bits per heavy atom. The van der Waals surface area contributed by atoms with Crippen LogP contribution in [0.15, 0.2) is 48.5 Å². The third kappa shape index (κ3) is 2.78. The van der Waals surface area contributed by atoms with Gasteiger partial charge in [0.1, 0.15) is 0 Å². The van der Waals surface area contributed by atoms with E-state index in [-0.39, 0.29) is 0 Å².